The van der Waals surface area contributed by atoms with E-state index in [0.717, 1.165) is 11.1 Å². The summed E-state index contributed by atoms with van der Waals surface area (Å²) in [6.45, 7) is 2.98. The first-order chi connectivity index (χ1) is 15.5. The molecule has 8 heteroatoms. The van der Waals surface area contributed by atoms with Crippen molar-refractivity contribution >= 4 is 11.8 Å². The number of carboxylic acid groups (broad SMARTS) is 1. The van der Waals surface area contributed by atoms with Crippen LogP contribution in [-0.2, 0) is 14.3 Å². The number of fused-ring (bicyclic) bond motifs is 1. The number of aliphatic carboxylic acids is 1. The second kappa shape index (κ2) is 9.58. The van der Waals surface area contributed by atoms with Gasteiger partial charge < -0.3 is 24.1 Å². The maximum atomic E-state index is 12.5. The van der Waals surface area contributed by atoms with Crippen LogP contribution in [0, 0.1) is 5.92 Å². The van der Waals surface area contributed by atoms with Crippen LogP contribution in [0.2, 0.25) is 0 Å². The maximum absolute atomic E-state index is 12.5. The first kappa shape index (κ1) is 22.1. The van der Waals surface area contributed by atoms with E-state index in [-0.39, 0.29) is 31.6 Å². The Morgan fingerprint density at radius 2 is 1.81 bits per heavy atom. The number of rotatable bonds is 9. The normalized spacial score (nSPS) is 22.1. The lowest BCUT2D eigenvalue weighted by Gasteiger charge is -2.27. The molecule has 32 heavy (non-hydrogen) atoms. The molecule has 0 aromatic heterocycles. The van der Waals surface area contributed by atoms with E-state index in [1.807, 2.05) is 54.3 Å². The number of ketones is 1. The van der Waals surface area contributed by atoms with Gasteiger partial charge in [0.05, 0.1) is 19.6 Å². The van der Waals surface area contributed by atoms with Gasteiger partial charge in [-0.25, -0.2) is 0 Å². The Hall–Kier alpha value is -3.10. The lowest BCUT2D eigenvalue weighted by Crippen LogP contribution is -2.34. The lowest BCUT2D eigenvalue weighted by atomic mass is 9.82. The van der Waals surface area contributed by atoms with E-state index >= 15 is 0 Å². The summed E-state index contributed by atoms with van der Waals surface area (Å²) in [4.78, 5) is 27.0. The highest BCUT2D eigenvalue weighted by molar-refractivity contribution is 5.82. The van der Waals surface area contributed by atoms with Gasteiger partial charge in [0.2, 0.25) is 6.79 Å². The van der Waals surface area contributed by atoms with Gasteiger partial charge in [-0.3, -0.25) is 14.5 Å². The molecule has 0 bridgehead atoms. The number of carboxylic acids is 1. The number of carbonyl (C=O) groups excluding carboxylic acids is 1. The number of likely N-dealkylation sites (tertiary alicyclic amines) is 1. The van der Waals surface area contributed by atoms with Gasteiger partial charge in [-0.15, -0.1) is 0 Å². The summed E-state index contributed by atoms with van der Waals surface area (Å²) in [7, 11) is 1.58. The quantitative estimate of drug-likeness (QED) is 0.635. The Bertz CT molecular complexity index is 975. The minimum atomic E-state index is -0.909. The van der Waals surface area contributed by atoms with Gasteiger partial charge in [-0.05, 0) is 42.3 Å². The van der Waals surface area contributed by atoms with E-state index in [4.69, 9.17) is 18.9 Å². The van der Waals surface area contributed by atoms with Crippen molar-refractivity contribution in [1.82, 2.24) is 4.90 Å². The van der Waals surface area contributed by atoms with Gasteiger partial charge in [0, 0.05) is 25.1 Å². The Morgan fingerprint density at radius 3 is 2.50 bits per heavy atom. The molecule has 170 valence electrons. The van der Waals surface area contributed by atoms with Crippen LogP contribution in [0.25, 0.3) is 0 Å². The molecule has 2 aliphatic rings. The second-order valence-corrected chi connectivity index (χ2v) is 7.91. The monoisotopic (exact) mass is 441 g/mol. The van der Waals surface area contributed by atoms with Crippen molar-refractivity contribution in [2.45, 2.75) is 18.9 Å². The van der Waals surface area contributed by atoms with Crippen molar-refractivity contribution in [3.63, 3.8) is 0 Å². The predicted octanol–water partition coefficient (Wildman–Crippen LogP) is 2.87. The minimum Gasteiger partial charge on any atom is -0.497 e. The van der Waals surface area contributed by atoms with Crippen LogP contribution < -0.4 is 14.2 Å². The van der Waals surface area contributed by atoms with Gasteiger partial charge >= 0.3 is 5.97 Å². The van der Waals surface area contributed by atoms with Crippen LogP contribution in [0.4, 0.5) is 0 Å². The first-order valence-corrected chi connectivity index (χ1v) is 10.6. The molecule has 0 radical (unpaired) electrons. The molecule has 0 amide bonds. The van der Waals surface area contributed by atoms with Gasteiger partial charge in [-0.2, -0.15) is 0 Å². The molecule has 1 saturated heterocycles. The van der Waals surface area contributed by atoms with Crippen LogP contribution in [0.1, 0.15) is 30.0 Å². The van der Waals surface area contributed by atoms with Gasteiger partial charge in [0.1, 0.15) is 12.4 Å². The highest BCUT2D eigenvalue weighted by Gasteiger charge is 2.48. The number of carbonyl (C=O) groups is 2. The zero-order valence-corrected chi connectivity index (χ0v) is 18.2. The molecule has 8 nitrogen and oxygen atoms in total. The average molecular weight is 441 g/mol. The number of nitrogens with zero attached hydrogens (tertiary/aromatic N) is 1. The molecule has 2 heterocycles. The molecule has 2 aromatic carbocycles. The molecule has 1 N–H and O–H groups in total. The molecular formula is C24H27NO7. The van der Waals surface area contributed by atoms with E-state index in [1.54, 1.807) is 7.11 Å². The maximum Gasteiger partial charge on any atom is 0.309 e. The third-order valence-electron chi connectivity index (χ3n) is 6.01. The predicted molar refractivity (Wildman–Crippen MR) is 115 cm³/mol. The third-order valence-corrected chi connectivity index (χ3v) is 6.01. The molecule has 1 unspecified atom stereocenters. The van der Waals surface area contributed by atoms with Crippen LogP contribution in [-0.4, -0.2) is 62.0 Å². The van der Waals surface area contributed by atoms with Crippen molar-refractivity contribution in [3.8, 4) is 17.2 Å². The SMILES string of the molecule is CCOCC(=O)CN1CC(c2ccc3c(c2)OCO3)[C@H](C(=O)O)[C@H]1c1ccc(OC)cc1. The molecule has 2 aromatic rings. The number of benzene rings is 2. The van der Waals surface area contributed by atoms with E-state index < -0.39 is 17.9 Å². The lowest BCUT2D eigenvalue weighted by molar-refractivity contribution is -0.143. The molecule has 1 fully saturated rings. The summed E-state index contributed by atoms with van der Waals surface area (Å²) < 4.78 is 21.4. The fourth-order valence-corrected chi connectivity index (χ4v) is 4.56. The average Bonchev–Trinajstić information content (AvgIpc) is 3.42. The number of Topliss-reactive ketones (excluding diaryl/α,β-unsaturated/α-hetero) is 1. The number of hydrogen-bond acceptors (Lipinski definition) is 7. The zero-order chi connectivity index (χ0) is 22.7. The fourth-order valence-electron chi connectivity index (χ4n) is 4.56. The first-order valence-electron chi connectivity index (χ1n) is 10.6. The molecule has 0 saturated carbocycles. The topological polar surface area (TPSA) is 94.5 Å². The van der Waals surface area contributed by atoms with Crippen molar-refractivity contribution in [2.24, 2.45) is 5.92 Å². The highest BCUT2D eigenvalue weighted by Crippen LogP contribution is 2.47. The number of hydrogen-bond donors (Lipinski definition) is 1. The van der Waals surface area contributed by atoms with Crippen molar-refractivity contribution < 1.29 is 33.6 Å². The molecular weight excluding hydrogens is 414 g/mol. The molecule has 4 rings (SSSR count). The Morgan fingerprint density at radius 1 is 1.09 bits per heavy atom. The van der Waals surface area contributed by atoms with E-state index in [9.17, 15) is 14.7 Å². The second-order valence-electron chi connectivity index (χ2n) is 7.91. The van der Waals surface area contributed by atoms with Crippen LogP contribution in [0.3, 0.4) is 0 Å². The fraction of sp³-hybridized carbons (Fsp3) is 0.417. The zero-order valence-electron chi connectivity index (χ0n) is 18.2. The van der Waals surface area contributed by atoms with Crippen molar-refractivity contribution in [1.29, 1.82) is 0 Å². The smallest absolute Gasteiger partial charge is 0.309 e. The minimum absolute atomic E-state index is 0.00869. The third kappa shape index (κ3) is 4.42. The summed E-state index contributed by atoms with van der Waals surface area (Å²) in [6.07, 6.45) is 0. The summed E-state index contributed by atoms with van der Waals surface area (Å²) in [5.41, 5.74) is 1.67. The van der Waals surface area contributed by atoms with Crippen LogP contribution >= 0.6 is 0 Å². The largest absolute Gasteiger partial charge is 0.497 e. The Labute approximate surface area is 186 Å². The van der Waals surface area contributed by atoms with Gasteiger partial charge in [0.25, 0.3) is 0 Å². The van der Waals surface area contributed by atoms with Gasteiger partial charge in [0.15, 0.2) is 17.3 Å². The van der Waals surface area contributed by atoms with Crippen molar-refractivity contribution in [3.05, 3.63) is 53.6 Å². The van der Waals surface area contributed by atoms with Crippen LogP contribution in [0.15, 0.2) is 42.5 Å². The molecule has 0 spiro atoms. The van der Waals surface area contributed by atoms with E-state index in [2.05, 4.69) is 0 Å². The van der Waals surface area contributed by atoms with Gasteiger partial charge in [-0.1, -0.05) is 18.2 Å². The van der Waals surface area contributed by atoms with Crippen LogP contribution in [0.5, 0.6) is 17.2 Å². The van der Waals surface area contributed by atoms with E-state index in [0.29, 0.717) is 30.4 Å². The summed E-state index contributed by atoms with van der Waals surface area (Å²) in [5.74, 6) is -0.121. The number of methoxy groups -OCH3 is 1. The Balaban J connectivity index is 1.69. The summed E-state index contributed by atoms with van der Waals surface area (Å²) in [5, 5.41) is 10.2. The number of ether oxygens (including phenoxy) is 4. The van der Waals surface area contributed by atoms with Crippen molar-refractivity contribution in [2.75, 3.05) is 40.2 Å². The van der Waals surface area contributed by atoms with E-state index in [1.165, 1.54) is 0 Å². The summed E-state index contributed by atoms with van der Waals surface area (Å²) >= 11 is 0. The molecule has 2 aliphatic heterocycles. The Kier molecular flexibility index (Phi) is 6.62. The standard InChI is InChI=1S/C24H27NO7/c1-3-30-13-17(26)11-25-12-19(16-6-9-20-21(10-16)32-14-31-20)22(24(27)28)23(25)15-4-7-18(29-2)8-5-15/h4-10,19,22-23H,3,11-14H2,1-2H3,(H,27,28)/t19?,22-,23+/m0/s1. The highest BCUT2D eigenvalue weighted by atomic mass is 16.7. The molecule has 0 aliphatic carbocycles. The molecule has 3 atom stereocenters. The summed E-state index contributed by atoms with van der Waals surface area (Å²) in [6, 6.07) is 12.4.